The second-order valence-corrected chi connectivity index (χ2v) is 7.01. The van der Waals surface area contributed by atoms with Gasteiger partial charge in [0.2, 0.25) is 0 Å². The standard InChI is InChI=1S/C23H33N3O3.K/c1-4-7-13-26(5-2)16-17-9-8-10-18(14-17)22(24)25-23(28)19-11-12-21(29-6-3)20(27)15-19;/h8-12,14-15,22,27H,4-7,13,16,24H2,1-3H3,(H,25,28);/q;+1/p-1. The number of nitrogens with two attached hydrogens (primary N) is 1. The minimum absolute atomic E-state index is 0. The predicted molar refractivity (Wildman–Crippen MR) is 114 cm³/mol. The number of benzene rings is 2. The van der Waals surface area contributed by atoms with Crippen molar-refractivity contribution < 1.29 is 66.0 Å². The Hall–Kier alpha value is -0.934. The largest absolute Gasteiger partial charge is 1.00 e. The first-order valence-electron chi connectivity index (χ1n) is 10.3. The third kappa shape index (κ3) is 8.30. The third-order valence-corrected chi connectivity index (χ3v) is 4.78. The molecule has 2 rings (SSSR count). The summed E-state index contributed by atoms with van der Waals surface area (Å²) in [6.45, 7) is 9.45. The van der Waals surface area contributed by atoms with Gasteiger partial charge < -0.3 is 20.9 Å². The fourth-order valence-electron chi connectivity index (χ4n) is 3.11. The number of hydrogen-bond acceptors (Lipinski definition) is 5. The van der Waals surface area contributed by atoms with Crippen molar-refractivity contribution in [2.24, 2.45) is 5.73 Å². The van der Waals surface area contributed by atoms with Gasteiger partial charge in [-0.2, -0.15) is 0 Å². The molecule has 0 aromatic heterocycles. The molecule has 1 unspecified atom stereocenters. The van der Waals surface area contributed by atoms with Crippen molar-refractivity contribution in [2.75, 3.05) is 19.7 Å². The molecular weight excluding hydrogens is 405 g/mol. The van der Waals surface area contributed by atoms with E-state index in [0.717, 1.165) is 30.8 Å². The first-order chi connectivity index (χ1) is 14.0. The number of nitrogens with one attached hydrogen (secondary N) is 1. The fourth-order valence-corrected chi connectivity index (χ4v) is 3.11. The van der Waals surface area contributed by atoms with Crippen molar-refractivity contribution in [3.8, 4) is 11.5 Å². The van der Waals surface area contributed by atoms with E-state index in [2.05, 4.69) is 30.1 Å². The SMILES string of the molecule is CCCCN(CC)Cc1cccc(C(N)NC(=O)c2ccc(OCC)c([O-])c2)c1.[K+]. The minimum Gasteiger partial charge on any atom is -0.870 e. The molecule has 2 aromatic rings. The number of carbonyl (C=O) groups excluding carboxylic acids is 1. The maximum absolute atomic E-state index is 12.5. The van der Waals surface area contributed by atoms with E-state index in [1.807, 2.05) is 18.2 Å². The fraction of sp³-hybridized carbons (Fsp3) is 0.435. The van der Waals surface area contributed by atoms with Crippen molar-refractivity contribution in [2.45, 2.75) is 46.3 Å². The molecule has 1 atom stereocenters. The Bertz CT molecular complexity index is 801. The molecular formula is C23H32KN3O3. The van der Waals surface area contributed by atoms with Crippen LogP contribution in [0.1, 0.15) is 61.3 Å². The van der Waals surface area contributed by atoms with Crippen LogP contribution in [0.25, 0.3) is 0 Å². The quantitative estimate of drug-likeness (QED) is 0.386. The van der Waals surface area contributed by atoms with Gasteiger partial charge in [0.05, 0.1) is 6.61 Å². The van der Waals surface area contributed by atoms with E-state index in [0.29, 0.717) is 6.61 Å². The van der Waals surface area contributed by atoms with Crippen LogP contribution in [-0.4, -0.2) is 30.5 Å². The number of hydrogen-bond donors (Lipinski definition) is 2. The molecule has 3 N–H and O–H groups in total. The summed E-state index contributed by atoms with van der Waals surface area (Å²) in [5.41, 5.74) is 8.47. The van der Waals surface area contributed by atoms with Crippen LogP contribution in [0, 0.1) is 0 Å². The first-order valence-corrected chi connectivity index (χ1v) is 10.3. The van der Waals surface area contributed by atoms with E-state index in [4.69, 9.17) is 10.5 Å². The third-order valence-electron chi connectivity index (χ3n) is 4.78. The predicted octanol–water partition coefficient (Wildman–Crippen LogP) is 0.172. The van der Waals surface area contributed by atoms with Crippen LogP contribution in [0.5, 0.6) is 11.5 Å². The number of amides is 1. The average molecular weight is 438 g/mol. The summed E-state index contributed by atoms with van der Waals surface area (Å²) in [5, 5.41) is 14.8. The van der Waals surface area contributed by atoms with Crippen LogP contribution < -0.4 is 72.3 Å². The van der Waals surface area contributed by atoms with Crippen molar-refractivity contribution in [3.63, 3.8) is 0 Å². The maximum atomic E-state index is 12.5. The van der Waals surface area contributed by atoms with Crippen molar-refractivity contribution in [3.05, 3.63) is 59.2 Å². The summed E-state index contributed by atoms with van der Waals surface area (Å²) in [7, 11) is 0. The summed E-state index contributed by atoms with van der Waals surface area (Å²) in [4.78, 5) is 14.9. The van der Waals surface area contributed by atoms with Crippen molar-refractivity contribution in [1.82, 2.24) is 10.2 Å². The van der Waals surface area contributed by atoms with Crippen LogP contribution in [0.3, 0.4) is 0 Å². The zero-order valence-corrected chi connectivity index (χ0v) is 21.7. The van der Waals surface area contributed by atoms with Gasteiger partial charge in [0, 0.05) is 12.1 Å². The molecule has 7 heteroatoms. The molecule has 0 saturated carbocycles. The van der Waals surface area contributed by atoms with E-state index in [-0.39, 0.29) is 74.4 Å². The molecule has 0 aliphatic heterocycles. The number of unbranched alkanes of at least 4 members (excludes halogenated alkanes) is 1. The van der Waals surface area contributed by atoms with E-state index in [9.17, 15) is 9.90 Å². The van der Waals surface area contributed by atoms with E-state index in [1.54, 1.807) is 13.0 Å². The Morgan fingerprint density at radius 2 is 1.97 bits per heavy atom. The normalized spacial score (nSPS) is 11.6. The molecule has 0 aliphatic carbocycles. The van der Waals surface area contributed by atoms with Gasteiger partial charge >= 0.3 is 51.4 Å². The van der Waals surface area contributed by atoms with Crippen LogP contribution >= 0.6 is 0 Å². The number of rotatable bonds is 11. The van der Waals surface area contributed by atoms with E-state index >= 15 is 0 Å². The Morgan fingerprint density at radius 1 is 1.20 bits per heavy atom. The van der Waals surface area contributed by atoms with Gasteiger partial charge in [-0.3, -0.25) is 9.69 Å². The van der Waals surface area contributed by atoms with Gasteiger partial charge in [-0.25, -0.2) is 0 Å². The molecule has 0 spiro atoms. The summed E-state index contributed by atoms with van der Waals surface area (Å²) in [5.74, 6) is -0.465. The number of ether oxygens (including phenoxy) is 1. The Labute approximate surface area is 222 Å². The molecule has 0 heterocycles. The molecule has 30 heavy (non-hydrogen) atoms. The molecule has 0 bridgehead atoms. The van der Waals surface area contributed by atoms with Gasteiger partial charge in [0.15, 0.2) is 0 Å². The molecule has 158 valence electrons. The average Bonchev–Trinajstić information content (AvgIpc) is 2.72. The Balaban J connectivity index is 0.00000450. The Morgan fingerprint density at radius 3 is 2.60 bits per heavy atom. The topological polar surface area (TPSA) is 90.7 Å². The monoisotopic (exact) mass is 437 g/mol. The van der Waals surface area contributed by atoms with Crippen LogP contribution in [0.15, 0.2) is 42.5 Å². The molecule has 1 amide bonds. The van der Waals surface area contributed by atoms with E-state index in [1.165, 1.54) is 25.0 Å². The van der Waals surface area contributed by atoms with Gasteiger partial charge in [0.25, 0.3) is 5.91 Å². The zero-order valence-electron chi connectivity index (χ0n) is 18.6. The first kappa shape index (κ1) is 27.1. The summed E-state index contributed by atoms with van der Waals surface area (Å²) >= 11 is 0. The van der Waals surface area contributed by atoms with Crippen LogP contribution in [0.2, 0.25) is 0 Å². The second-order valence-electron chi connectivity index (χ2n) is 7.01. The Kier molecular flexibility index (Phi) is 12.8. The van der Waals surface area contributed by atoms with Gasteiger partial charge in [-0.15, -0.1) is 0 Å². The summed E-state index contributed by atoms with van der Waals surface area (Å²) < 4.78 is 5.23. The van der Waals surface area contributed by atoms with Crippen LogP contribution in [0.4, 0.5) is 0 Å². The second kappa shape index (κ2) is 14.2. The summed E-state index contributed by atoms with van der Waals surface area (Å²) in [6, 6.07) is 12.3. The van der Waals surface area contributed by atoms with Gasteiger partial charge in [0.1, 0.15) is 11.9 Å². The smallest absolute Gasteiger partial charge is 0.870 e. The molecule has 2 aromatic carbocycles. The molecule has 0 saturated heterocycles. The molecule has 0 fully saturated rings. The van der Waals surface area contributed by atoms with Crippen molar-refractivity contribution >= 4 is 5.91 Å². The molecule has 0 radical (unpaired) electrons. The number of nitrogens with zero attached hydrogens (tertiary/aromatic N) is 1. The van der Waals surface area contributed by atoms with Gasteiger partial charge in [-0.05, 0) is 49.7 Å². The van der Waals surface area contributed by atoms with Crippen molar-refractivity contribution in [1.29, 1.82) is 0 Å². The van der Waals surface area contributed by atoms with Gasteiger partial charge in [-0.1, -0.05) is 56.3 Å². The van der Waals surface area contributed by atoms with Crippen LogP contribution in [-0.2, 0) is 6.54 Å². The summed E-state index contributed by atoms with van der Waals surface area (Å²) in [6.07, 6.45) is 1.69. The zero-order chi connectivity index (χ0) is 21.2. The van der Waals surface area contributed by atoms with E-state index < -0.39 is 6.17 Å². The maximum Gasteiger partial charge on any atom is 1.00 e. The minimum atomic E-state index is -0.658. The molecule has 0 aliphatic rings. The molecule has 6 nitrogen and oxygen atoms in total. The number of carbonyl (C=O) groups is 1.